The van der Waals surface area contributed by atoms with Crippen LogP contribution in [-0.4, -0.2) is 33.8 Å². The number of hydrogen-bond donors (Lipinski definition) is 0. The second-order valence-corrected chi connectivity index (χ2v) is 4.71. The Bertz CT molecular complexity index is 562. The second-order valence-electron chi connectivity index (χ2n) is 3.00. The number of fused-ring (bicyclic) bond motifs is 1. The third-order valence-electron chi connectivity index (χ3n) is 1.88. The lowest BCUT2D eigenvalue weighted by Gasteiger charge is -2.08. The van der Waals surface area contributed by atoms with Crippen LogP contribution in [0.4, 0.5) is 5.13 Å². The molecule has 0 spiro atoms. The van der Waals surface area contributed by atoms with Gasteiger partial charge in [-0.25, -0.2) is 4.99 Å². The molecule has 0 unspecified atom stereocenters. The summed E-state index contributed by atoms with van der Waals surface area (Å²) in [4.78, 5) is 4.57. The van der Waals surface area contributed by atoms with Gasteiger partial charge in [0.15, 0.2) is 6.08 Å². The van der Waals surface area contributed by atoms with Crippen LogP contribution in [-0.2, 0) is 11.8 Å². The predicted octanol–water partition coefficient (Wildman–Crippen LogP) is -0.279. The molecule has 0 aromatic carbocycles. The van der Waals surface area contributed by atoms with Gasteiger partial charge in [0.05, 0.1) is 12.1 Å². The highest BCUT2D eigenvalue weighted by Gasteiger charge is 2.21. The van der Waals surface area contributed by atoms with E-state index in [1.807, 2.05) is 13.3 Å². The highest BCUT2D eigenvalue weighted by molar-refractivity contribution is 7.98. The Kier molecular flexibility index (Phi) is 3.48. The highest BCUT2D eigenvalue weighted by atomic mass is 32.2. The SMILES string of the molecule is CCO/C([O-])=N/c1n[n+]2c(SC)nn(C)c2s1. The van der Waals surface area contributed by atoms with E-state index in [2.05, 4.69) is 15.2 Å². The first-order valence-electron chi connectivity index (χ1n) is 4.84. The van der Waals surface area contributed by atoms with Crippen LogP contribution >= 0.6 is 23.1 Å². The van der Waals surface area contributed by atoms with Gasteiger partial charge < -0.3 is 9.84 Å². The first-order valence-corrected chi connectivity index (χ1v) is 6.88. The Balaban J connectivity index is 2.41. The summed E-state index contributed by atoms with van der Waals surface area (Å²) in [6, 6.07) is 0. The summed E-state index contributed by atoms with van der Waals surface area (Å²) in [5, 5.41) is 20.8. The summed E-state index contributed by atoms with van der Waals surface area (Å²) in [5.74, 6) is 0. The molecule has 0 fully saturated rings. The molecule has 0 bridgehead atoms. The fourth-order valence-corrected chi connectivity index (χ4v) is 2.58. The average molecular weight is 273 g/mol. The topological polar surface area (TPSA) is 79.5 Å². The van der Waals surface area contributed by atoms with E-state index in [-0.39, 0.29) is 0 Å². The minimum Gasteiger partial charge on any atom is -0.600 e. The maximum absolute atomic E-state index is 11.2. The quantitative estimate of drug-likeness (QED) is 0.333. The van der Waals surface area contributed by atoms with Gasteiger partial charge in [-0.05, 0) is 24.2 Å². The van der Waals surface area contributed by atoms with E-state index < -0.39 is 6.08 Å². The Hall–Kier alpha value is -1.35. The molecule has 0 amide bonds. The van der Waals surface area contributed by atoms with Gasteiger partial charge in [-0.15, -0.1) is 0 Å². The molecule has 0 saturated heterocycles. The van der Waals surface area contributed by atoms with E-state index in [1.54, 1.807) is 16.1 Å². The van der Waals surface area contributed by atoms with Gasteiger partial charge in [-0.1, -0.05) is 33.0 Å². The molecule has 92 valence electrons. The van der Waals surface area contributed by atoms with E-state index in [4.69, 9.17) is 4.74 Å². The van der Waals surface area contributed by atoms with Gasteiger partial charge in [-0.2, -0.15) is 0 Å². The number of rotatable bonds is 3. The minimum atomic E-state index is -0.620. The molecule has 0 radical (unpaired) electrons. The van der Waals surface area contributed by atoms with Crippen molar-refractivity contribution >= 4 is 39.3 Å². The van der Waals surface area contributed by atoms with Crippen molar-refractivity contribution in [3.63, 3.8) is 0 Å². The summed E-state index contributed by atoms with van der Waals surface area (Å²) in [6.45, 7) is 2.04. The molecule has 2 aromatic rings. The number of ether oxygens (including phenoxy) is 1. The van der Waals surface area contributed by atoms with Crippen molar-refractivity contribution in [3.05, 3.63) is 0 Å². The zero-order valence-electron chi connectivity index (χ0n) is 9.58. The van der Waals surface area contributed by atoms with Crippen LogP contribution in [0.1, 0.15) is 6.92 Å². The molecule has 7 nitrogen and oxygen atoms in total. The van der Waals surface area contributed by atoms with Crippen LogP contribution in [0.2, 0.25) is 0 Å². The molecule has 0 aliphatic carbocycles. The lowest BCUT2D eigenvalue weighted by molar-refractivity contribution is -0.615. The average Bonchev–Trinajstić information content (AvgIpc) is 2.80. The van der Waals surface area contributed by atoms with Crippen molar-refractivity contribution in [2.45, 2.75) is 12.1 Å². The molecule has 0 saturated carbocycles. The summed E-state index contributed by atoms with van der Waals surface area (Å²) < 4.78 is 8.09. The van der Waals surface area contributed by atoms with Crippen molar-refractivity contribution in [1.29, 1.82) is 0 Å². The number of aryl methyl sites for hydroxylation is 1. The highest BCUT2D eigenvalue weighted by Crippen LogP contribution is 2.20. The van der Waals surface area contributed by atoms with Crippen molar-refractivity contribution in [3.8, 4) is 0 Å². The maximum atomic E-state index is 11.2. The molecule has 2 heterocycles. The van der Waals surface area contributed by atoms with Gasteiger partial charge >= 0.3 is 10.1 Å². The zero-order valence-corrected chi connectivity index (χ0v) is 11.2. The van der Waals surface area contributed by atoms with Gasteiger partial charge in [0.2, 0.25) is 0 Å². The zero-order chi connectivity index (χ0) is 12.4. The van der Waals surface area contributed by atoms with Crippen LogP contribution in [0.3, 0.4) is 0 Å². The number of aliphatic imine (C=N–C) groups is 1. The van der Waals surface area contributed by atoms with Crippen LogP contribution < -0.4 is 9.62 Å². The molecular formula is C8H11N5O2S2. The smallest absolute Gasteiger partial charge is 0.361 e. The minimum absolute atomic E-state index is 0.304. The van der Waals surface area contributed by atoms with E-state index in [9.17, 15) is 5.11 Å². The maximum Gasteiger partial charge on any atom is 0.361 e. The fraction of sp³-hybridized carbons (Fsp3) is 0.500. The molecule has 0 aliphatic rings. The van der Waals surface area contributed by atoms with E-state index in [0.717, 1.165) is 10.1 Å². The van der Waals surface area contributed by atoms with Crippen LogP contribution in [0.15, 0.2) is 10.1 Å². The Labute approximate surface area is 106 Å². The summed E-state index contributed by atoms with van der Waals surface area (Å²) in [7, 11) is 1.82. The Morgan fingerprint density at radius 2 is 2.47 bits per heavy atom. The first kappa shape index (κ1) is 12.1. The Morgan fingerprint density at radius 1 is 1.71 bits per heavy atom. The van der Waals surface area contributed by atoms with Gasteiger partial charge in [0, 0.05) is 0 Å². The van der Waals surface area contributed by atoms with Gasteiger partial charge in [0.1, 0.15) is 0 Å². The van der Waals surface area contributed by atoms with Crippen LogP contribution in [0, 0.1) is 0 Å². The van der Waals surface area contributed by atoms with E-state index >= 15 is 0 Å². The summed E-state index contributed by atoms with van der Waals surface area (Å²) in [5.41, 5.74) is 0. The standard InChI is InChI=1S/C8H11N5O2S2/c1-4-15-7(14)9-5-10-13-6(16-3)11-12(2)8(13)17-5/h4H2,1-3H3. The molecule has 0 aliphatic heterocycles. The van der Waals surface area contributed by atoms with Crippen molar-refractivity contribution in [2.75, 3.05) is 12.9 Å². The molecule has 2 aromatic heterocycles. The van der Waals surface area contributed by atoms with Crippen molar-refractivity contribution in [2.24, 2.45) is 12.0 Å². The Morgan fingerprint density at radius 3 is 3.12 bits per heavy atom. The van der Waals surface area contributed by atoms with Crippen molar-refractivity contribution < 1.29 is 14.4 Å². The van der Waals surface area contributed by atoms with E-state index in [0.29, 0.717) is 11.7 Å². The predicted molar refractivity (Wildman–Crippen MR) is 62.5 cm³/mol. The number of hydrogen-bond acceptors (Lipinski definition) is 7. The second kappa shape index (κ2) is 4.88. The van der Waals surface area contributed by atoms with Gasteiger partial charge in [0.25, 0.3) is 5.13 Å². The lowest BCUT2D eigenvalue weighted by atomic mass is 10.9. The molecule has 0 atom stereocenters. The monoisotopic (exact) mass is 273 g/mol. The third-order valence-corrected chi connectivity index (χ3v) is 3.48. The summed E-state index contributed by atoms with van der Waals surface area (Å²) >= 11 is 2.76. The molecule has 9 heteroatoms. The number of aromatic nitrogens is 4. The molecule has 2 rings (SSSR count). The first-order chi connectivity index (χ1) is 8.15. The molecular weight excluding hydrogens is 262 g/mol. The molecule has 0 N–H and O–H groups in total. The number of thioether (sulfide) groups is 1. The largest absolute Gasteiger partial charge is 0.600 e. The van der Waals surface area contributed by atoms with Crippen LogP contribution in [0.25, 0.3) is 4.96 Å². The normalized spacial score (nSPS) is 12.3. The lowest BCUT2D eigenvalue weighted by Crippen LogP contribution is -2.24. The van der Waals surface area contributed by atoms with Crippen LogP contribution in [0.5, 0.6) is 0 Å². The fourth-order valence-electron chi connectivity index (χ4n) is 1.22. The molecule has 17 heavy (non-hydrogen) atoms. The third kappa shape index (κ3) is 2.34. The van der Waals surface area contributed by atoms with Crippen molar-refractivity contribution in [1.82, 2.24) is 14.9 Å². The number of nitrogens with zero attached hydrogens (tertiary/aromatic N) is 5. The van der Waals surface area contributed by atoms with E-state index in [1.165, 1.54) is 23.1 Å². The van der Waals surface area contributed by atoms with Gasteiger partial charge in [-0.3, -0.25) is 0 Å². The summed E-state index contributed by atoms with van der Waals surface area (Å²) in [6.07, 6.45) is 1.29.